The summed E-state index contributed by atoms with van der Waals surface area (Å²) in [4.78, 5) is 14.1. The topological polar surface area (TPSA) is 40.5 Å². The smallest absolute Gasteiger partial charge is 0.222 e. The van der Waals surface area contributed by atoms with Crippen LogP contribution in [0.5, 0.6) is 0 Å². The fraction of sp³-hybridized carbons (Fsp3) is 0.933. The van der Waals surface area contributed by atoms with E-state index in [4.69, 9.17) is 0 Å². The predicted molar refractivity (Wildman–Crippen MR) is 72.2 cm³/mol. The quantitative estimate of drug-likeness (QED) is 0.836. The Bertz CT molecular complexity index is 272. The van der Waals surface area contributed by atoms with Gasteiger partial charge in [0.1, 0.15) is 0 Å². The molecule has 18 heavy (non-hydrogen) atoms. The third-order valence-corrected chi connectivity index (χ3v) is 4.75. The standard InChI is InChI=1S/C15H27NO2/c1-12(17)14-9-10-16(11-14)15(18)8-7-13-5-3-2-4-6-13/h12-14,17H,2-11H2,1H3. The maximum atomic E-state index is 12.1. The van der Waals surface area contributed by atoms with Gasteiger partial charge in [0, 0.05) is 25.4 Å². The molecule has 2 aliphatic rings. The summed E-state index contributed by atoms with van der Waals surface area (Å²) < 4.78 is 0. The third kappa shape index (κ3) is 3.71. The first kappa shape index (κ1) is 13.9. The zero-order valence-electron chi connectivity index (χ0n) is 11.6. The molecule has 2 atom stereocenters. The number of hydrogen-bond donors (Lipinski definition) is 1. The van der Waals surface area contributed by atoms with Gasteiger partial charge in [0.2, 0.25) is 5.91 Å². The van der Waals surface area contributed by atoms with E-state index >= 15 is 0 Å². The predicted octanol–water partition coefficient (Wildman–Crippen LogP) is 2.58. The largest absolute Gasteiger partial charge is 0.393 e. The van der Waals surface area contributed by atoms with Crippen molar-refractivity contribution in [3.63, 3.8) is 0 Å². The first-order valence-electron chi connectivity index (χ1n) is 7.62. The van der Waals surface area contributed by atoms with Gasteiger partial charge in [-0.2, -0.15) is 0 Å². The lowest BCUT2D eigenvalue weighted by atomic mass is 9.86. The van der Waals surface area contributed by atoms with Crippen LogP contribution in [0.2, 0.25) is 0 Å². The van der Waals surface area contributed by atoms with Gasteiger partial charge in [-0.15, -0.1) is 0 Å². The average Bonchev–Trinajstić information content (AvgIpc) is 2.87. The van der Waals surface area contributed by atoms with Crippen molar-refractivity contribution in [3.05, 3.63) is 0 Å². The Morgan fingerprint density at radius 1 is 1.28 bits per heavy atom. The van der Waals surface area contributed by atoms with Crippen molar-refractivity contribution in [2.75, 3.05) is 13.1 Å². The van der Waals surface area contributed by atoms with E-state index in [-0.39, 0.29) is 6.10 Å². The van der Waals surface area contributed by atoms with Gasteiger partial charge >= 0.3 is 0 Å². The number of likely N-dealkylation sites (tertiary alicyclic amines) is 1. The van der Waals surface area contributed by atoms with Crippen LogP contribution in [0.3, 0.4) is 0 Å². The maximum Gasteiger partial charge on any atom is 0.222 e. The molecule has 0 aromatic rings. The lowest BCUT2D eigenvalue weighted by molar-refractivity contribution is -0.130. The van der Waals surface area contributed by atoms with E-state index in [9.17, 15) is 9.90 Å². The Morgan fingerprint density at radius 3 is 2.61 bits per heavy atom. The number of carbonyl (C=O) groups excluding carboxylic acids is 1. The second-order valence-corrected chi connectivity index (χ2v) is 6.17. The van der Waals surface area contributed by atoms with Crippen molar-refractivity contribution in [2.45, 2.75) is 64.4 Å². The van der Waals surface area contributed by atoms with Crippen LogP contribution in [0.15, 0.2) is 0 Å². The molecular weight excluding hydrogens is 226 g/mol. The molecule has 1 aliphatic heterocycles. The van der Waals surface area contributed by atoms with Gasteiger partial charge in [-0.25, -0.2) is 0 Å². The maximum absolute atomic E-state index is 12.1. The van der Waals surface area contributed by atoms with E-state index in [1.54, 1.807) is 0 Å². The summed E-state index contributed by atoms with van der Waals surface area (Å²) >= 11 is 0. The molecule has 2 fully saturated rings. The molecule has 3 nitrogen and oxygen atoms in total. The van der Waals surface area contributed by atoms with Crippen molar-refractivity contribution < 1.29 is 9.90 Å². The summed E-state index contributed by atoms with van der Waals surface area (Å²) in [7, 11) is 0. The Balaban J connectivity index is 1.68. The normalized spacial score (nSPS) is 27.4. The fourth-order valence-corrected chi connectivity index (χ4v) is 3.37. The third-order valence-electron chi connectivity index (χ3n) is 4.75. The minimum atomic E-state index is -0.277. The van der Waals surface area contributed by atoms with Crippen LogP contribution in [0, 0.1) is 11.8 Å². The van der Waals surface area contributed by atoms with Gasteiger partial charge < -0.3 is 10.0 Å². The molecule has 1 amide bonds. The number of nitrogens with zero attached hydrogens (tertiary/aromatic N) is 1. The van der Waals surface area contributed by atoms with Gasteiger partial charge in [-0.05, 0) is 25.7 Å². The van der Waals surface area contributed by atoms with Crippen LogP contribution in [-0.4, -0.2) is 35.1 Å². The number of hydrogen-bond acceptors (Lipinski definition) is 2. The Hall–Kier alpha value is -0.570. The fourth-order valence-electron chi connectivity index (χ4n) is 3.37. The number of rotatable bonds is 4. The van der Waals surface area contributed by atoms with Crippen LogP contribution in [0.25, 0.3) is 0 Å². The second kappa shape index (κ2) is 6.55. The highest BCUT2D eigenvalue weighted by Gasteiger charge is 2.29. The number of amides is 1. The summed E-state index contributed by atoms with van der Waals surface area (Å²) in [6.45, 7) is 3.45. The van der Waals surface area contributed by atoms with E-state index in [0.717, 1.165) is 38.3 Å². The first-order valence-corrected chi connectivity index (χ1v) is 7.62. The molecule has 1 saturated heterocycles. The summed E-state index contributed by atoms with van der Waals surface area (Å²) in [5, 5.41) is 9.55. The van der Waals surface area contributed by atoms with Gasteiger partial charge in [0.05, 0.1) is 6.10 Å². The lowest BCUT2D eigenvalue weighted by Crippen LogP contribution is -2.30. The molecule has 0 bridgehead atoms. The minimum absolute atomic E-state index is 0.277. The minimum Gasteiger partial charge on any atom is -0.393 e. The monoisotopic (exact) mass is 253 g/mol. The Kier molecular flexibility index (Phi) is 5.04. The summed E-state index contributed by atoms with van der Waals surface area (Å²) in [6, 6.07) is 0. The van der Waals surface area contributed by atoms with Gasteiger partial charge in [0.25, 0.3) is 0 Å². The van der Waals surface area contributed by atoms with Crippen molar-refractivity contribution in [2.24, 2.45) is 11.8 Å². The van der Waals surface area contributed by atoms with Gasteiger partial charge in [-0.1, -0.05) is 32.1 Å². The summed E-state index contributed by atoms with van der Waals surface area (Å²) in [5.41, 5.74) is 0. The average molecular weight is 253 g/mol. The zero-order valence-corrected chi connectivity index (χ0v) is 11.6. The molecule has 0 aromatic heterocycles. The molecule has 1 heterocycles. The molecule has 1 saturated carbocycles. The molecular formula is C15H27NO2. The molecule has 1 aliphatic carbocycles. The zero-order chi connectivity index (χ0) is 13.0. The van der Waals surface area contributed by atoms with Crippen LogP contribution in [-0.2, 0) is 4.79 Å². The van der Waals surface area contributed by atoms with E-state index < -0.39 is 0 Å². The van der Waals surface area contributed by atoms with Crippen LogP contribution < -0.4 is 0 Å². The molecule has 104 valence electrons. The second-order valence-electron chi connectivity index (χ2n) is 6.17. The number of aliphatic hydroxyl groups is 1. The summed E-state index contributed by atoms with van der Waals surface area (Å²) in [6.07, 6.45) is 9.22. The van der Waals surface area contributed by atoms with Crippen LogP contribution >= 0.6 is 0 Å². The van der Waals surface area contributed by atoms with E-state index in [2.05, 4.69) is 0 Å². The van der Waals surface area contributed by atoms with E-state index in [1.807, 2.05) is 11.8 Å². The molecule has 2 unspecified atom stereocenters. The lowest BCUT2D eigenvalue weighted by Gasteiger charge is -2.23. The SMILES string of the molecule is CC(O)C1CCN(C(=O)CCC2CCCCC2)C1. The Morgan fingerprint density at radius 2 is 2.00 bits per heavy atom. The highest BCUT2D eigenvalue weighted by Crippen LogP contribution is 2.28. The van der Waals surface area contributed by atoms with Crippen LogP contribution in [0.1, 0.15) is 58.3 Å². The highest BCUT2D eigenvalue weighted by molar-refractivity contribution is 5.76. The molecule has 0 radical (unpaired) electrons. The molecule has 2 rings (SSSR count). The number of carbonyl (C=O) groups is 1. The van der Waals surface area contributed by atoms with Crippen molar-refractivity contribution in [1.29, 1.82) is 0 Å². The summed E-state index contributed by atoms with van der Waals surface area (Å²) in [5.74, 6) is 1.39. The Labute approximate surface area is 111 Å². The van der Waals surface area contributed by atoms with Crippen molar-refractivity contribution in [1.82, 2.24) is 4.90 Å². The molecule has 1 N–H and O–H groups in total. The molecule has 3 heteroatoms. The number of aliphatic hydroxyl groups excluding tert-OH is 1. The van der Waals surface area contributed by atoms with Gasteiger partial charge in [-0.3, -0.25) is 4.79 Å². The van der Waals surface area contributed by atoms with Crippen LogP contribution in [0.4, 0.5) is 0 Å². The molecule has 0 aromatic carbocycles. The van der Waals surface area contributed by atoms with Gasteiger partial charge in [0.15, 0.2) is 0 Å². The molecule has 0 spiro atoms. The van der Waals surface area contributed by atoms with Crippen molar-refractivity contribution >= 4 is 5.91 Å². The van der Waals surface area contributed by atoms with Crippen molar-refractivity contribution in [3.8, 4) is 0 Å². The van der Waals surface area contributed by atoms with E-state index in [0.29, 0.717) is 11.8 Å². The van der Waals surface area contributed by atoms with E-state index in [1.165, 1.54) is 32.1 Å². The first-order chi connectivity index (χ1) is 8.66. The highest BCUT2D eigenvalue weighted by atomic mass is 16.3.